The molecule has 0 saturated carbocycles. The summed E-state index contributed by atoms with van der Waals surface area (Å²) in [5, 5.41) is 17.1. The van der Waals surface area contributed by atoms with E-state index in [2.05, 4.69) is 0 Å². The standard InChI is InChI=1S/C10H10O3/c11-6-2-4-8-3-1-5-9(7-8)10(12)13/h1-3,5-7,11H,4H2,(H,12,13). The van der Waals surface area contributed by atoms with Crippen molar-refractivity contribution in [2.45, 2.75) is 6.42 Å². The van der Waals surface area contributed by atoms with E-state index in [4.69, 9.17) is 10.2 Å². The zero-order valence-corrected chi connectivity index (χ0v) is 6.97. The second-order valence-corrected chi connectivity index (χ2v) is 2.59. The van der Waals surface area contributed by atoms with Crippen LogP contribution in [0.3, 0.4) is 0 Å². The van der Waals surface area contributed by atoms with Gasteiger partial charge in [0.25, 0.3) is 0 Å². The summed E-state index contributed by atoms with van der Waals surface area (Å²) in [4.78, 5) is 10.6. The number of aliphatic hydroxyl groups excluding tert-OH is 1. The number of hydrogen-bond donors (Lipinski definition) is 2. The van der Waals surface area contributed by atoms with E-state index in [1.54, 1.807) is 18.2 Å². The molecule has 0 radical (unpaired) electrons. The van der Waals surface area contributed by atoms with Gasteiger partial charge in [0, 0.05) is 0 Å². The quantitative estimate of drug-likeness (QED) is 0.696. The minimum absolute atomic E-state index is 0.267. The minimum atomic E-state index is -0.935. The molecule has 13 heavy (non-hydrogen) atoms. The van der Waals surface area contributed by atoms with Gasteiger partial charge in [-0.3, -0.25) is 0 Å². The zero-order chi connectivity index (χ0) is 9.68. The molecule has 0 aliphatic rings. The van der Waals surface area contributed by atoms with Gasteiger partial charge >= 0.3 is 5.97 Å². The molecule has 0 aliphatic heterocycles. The molecule has 0 saturated heterocycles. The highest BCUT2D eigenvalue weighted by molar-refractivity contribution is 5.87. The molecule has 0 spiro atoms. The highest BCUT2D eigenvalue weighted by Gasteiger charge is 2.01. The van der Waals surface area contributed by atoms with Gasteiger partial charge < -0.3 is 10.2 Å². The van der Waals surface area contributed by atoms with Crippen molar-refractivity contribution in [2.75, 3.05) is 0 Å². The van der Waals surface area contributed by atoms with Gasteiger partial charge in [-0.2, -0.15) is 0 Å². The monoisotopic (exact) mass is 178 g/mol. The maximum Gasteiger partial charge on any atom is 0.335 e. The number of allylic oxidation sites excluding steroid dienone is 1. The SMILES string of the molecule is O=C(O)c1cccc(CC=CO)c1. The van der Waals surface area contributed by atoms with Crippen molar-refractivity contribution in [3.8, 4) is 0 Å². The Bertz CT molecular complexity index is 329. The van der Waals surface area contributed by atoms with Crippen molar-refractivity contribution >= 4 is 5.97 Å². The lowest BCUT2D eigenvalue weighted by Crippen LogP contribution is -1.96. The molecule has 3 nitrogen and oxygen atoms in total. The first-order valence-electron chi connectivity index (χ1n) is 3.85. The van der Waals surface area contributed by atoms with Crippen LogP contribution in [0.4, 0.5) is 0 Å². The number of aliphatic hydroxyl groups is 1. The van der Waals surface area contributed by atoms with Crippen molar-refractivity contribution in [2.24, 2.45) is 0 Å². The lowest BCUT2D eigenvalue weighted by molar-refractivity contribution is 0.0697. The number of hydrogen-bond acceptors (Lipinski definition) is 2. The summed E-state index contributed by atoms with van der Waals surface area (Å²) in [6, 6.07) is 6.62. The molecule has 0 heterocycles. The summed E-state index contributed by atoms with van der Waals surface area (Å²) in [5.41, 5.74) is 1.13. The normalized spacial score (nSPS) is 10.5. The molecule has 68 valence electrons. The van der Waals surface area contributed by atoms with E-state index in [9.17, 15) is 4.79 Å². The molecular formula is C10H10O3. The van der Waals surface area contributed by atoms with E-state index in [0.29, 0.717) is 6.42 Å². The van der Waals surface area contributed by atoms with Crippen LogP contribution in [0.25, 0.3) is 0 Å². The Balaban J connectivity index is 2.85. The molecule has 2 N–H and O–H groups in total. The fourth-order valence-corrected chi connectivity index (χ4v) is 1.02. The predicted octanol–water partition coefficient (Wildman–Crippen LogP) is 2.00. The third-order valence-corrected chi connectivity index (χ3v) is 1.63. The summed E-state index contributed by atoms with van der Waals surface area (Å²) >= 11 is 0. The molecule has 3 heteroatoms. The fraction of sp³-hybridized carbons (Fsp3) is 0.100. The van der Waals surface area contributed by atoms with E-state index < -0.39 is 5.97 Å². The van der Waals surface area contributed by atoms with Crippen LogP contribution in [-0.4, -0.2) is 16.2 Å². The number of rotatable bonds is 3. The summed E-state index contributed by atoms with van der Waals surface area (Å²) in [5.74, 6) is -0.935. The topological polar surface area (TPSA) is 57.5 Å². The van der Waals surface area contributed by atoms with E-state index in [1.807, 2.05) is 6.07 Å². The molecule has 0 amide bonds. The fourth-order valence-electron chi connectivity index (χ4n) is 1.02. The first-order chi connectivity index (χ1) is 6.24. The molecule has 0 aliphatic carbocycles. The summed E-state index contributed by atoms with van der Waals surface area (Å²) < 4.78 is 0. The van der Waals surface area contributed by atoms with Gasteiger partial charge in [0.1, 0.15) is 0 Å². The number of carboxylic acid groups (broad SMARTS) is 1. The second-order valence-electron chi connectivity index (χ2n) is 2.59. The number of aromatic carboxylic acids is 1. The second kappa shape index (κ2) is 4.30. The maximum atomic E-state index is 10.6. The van der Waals surface area contributed by atoms with Crippen molar-refractivity contribution < 1.29 is 15.0 Å². The van der Waals surface area contributed by atoms with Gasteiger partial charge in [0.05, 0.1) is 11.8 Å². The lowest BCUT2D eigenvalue weighted by Gasteiger charge is -1.97. The van der Waals surface area contributed by atoms with Crippen LogP contribution in [0.2, 0.25) is 0 Å². The van der Waals surface area contributed by atoms with Crippen LogP contribution in [0.1, 0.15) is 15.9 Å². The Hall–Kier alpha value is -1.77. The van der Waals surface area contributed by atoms with Crippen LogP contribution in [0.5, 0.6) is 0 Å². The average Bonchev–Trinajstić information content (AvgIpc) is 2.15. The largest absolute Gasteiger partial charge is 0.516 e. The van der Waals surface area contributed by atoms with Gasteiger partial charge in [0.15, 0.2) is 0 Å². The number of benzene rings is 1. The van der Waals surface area contributed by atoms with E-state index in [0.717, 1.165) is 11.8 Å². The molecular weight excluding hydrogens is 168 g/mol. The Labute approximate surface area is 76.0 Å². The molecule has 1 aromatic rings. The van der Waals surface area contributed by atoms with Crippen LogP contribution in [0.15, 0.2) is 36.6 Å². The number of carbonyl (C=O) groups is 1. The van der Waals surface area contributed by atoms with E-state index in [-0.39, 0.29) is 5.56 Å². The minimum Gasteiger partial charge on any atom is -0.516 e. The first kappa shape index (κ1) is 9.32. The lowest BCUT2D eigenvalue weighted by atomic mass is 10.1. The van der Waals surface area contributed by atoms with Crippen molar-refractivity contribution in [1.29, 1.82) is 0 Å². The van der Waals surface area contributed by atoms with E-state index in [1.165, 1.54) is 6.07 Å². The van der Waals surface area contributed by atoms with Crippen LogP contribution in [0, 0.1) is 0 Å². The molecule has 0 aromatic heterocycles. The third-order valence-electron chi connectivity index (χ3n) is 1.63. The van der Waals surface area contributed by atoms with Gasteiger partial charge in [-0.15, -0.1) is 0 Å². The highest BCUT2D eigenvalue weighted by atomic mass is 16.4. The number of carboxylic acids is 1. The van der Waals surface area contributed by atoms with Gasteiger partial charge in [-0.1, -0.05) is 12.1 Å². The Morgan fingerprint density at radius 3 is 2.85 bits per heavy atom. The van der Waals surface area contributed by atoms with Crippen molar-refractivity contribution in [1.82, 2.24) is 0 Å². The molecule has 1 aromatic carbocycles. The predicted molar refractivity (Wildman–Crippen MR) is 48.9 cm³/mol. The molecule has 0 atom stereocenters. The van der Waals surface area contributed by atoms with E-state index >= 15 is 0 Å². The molecule has 0 bridgehead atoms. The third kappa shape index (κ3) is 2.63. The van der Waals surface area contributed by atoms with Crippen LogP contribution < -0.4 is 0 Å². The molecule has 1 rings (SSSR count). The maximum absolute atomic E-state index is 10.6. The Morgan fingerprint density at radius 2 is 2.23 bits per heavy atom. The first-order valence-corrected chi connectivity index (χ1v) is 3.85. The van der Waals surface area contributed by atoms with Crippen LogP contribution in [-0.2, 0) is 6.42 Å². The van der Waals surface area contributed by atoms with Gasteiger partial charge in [-0.25, -0.2) is 4.79 Å². The summed E-state index contributed by atoms with van der Waals surface area (Å²) in [7, 11) is 0. The van der Waals surface area contributed by atoms with Crippen LogP contribution >= 0.6 is 0 Å². The van der Waals surface area contributed by atoms with Crippen molar-refractivity contribution in [3.05, 3.63) is 47.7 Å². The molecule has 0 fully saturated rings. The smallest absolute Gasteiger partial charge is 0.335 e. The summed E-state index contributed by atoms with van der Waals surface area (Å²) in [6.07, 6.45) is 3.05. The average molecular weight is 178 g/mol. The zero-order valence-electron chi connectivity index (χ0n) is 6.97. The van der Waals surface area contributed by atoms with Gasteiger partial charge in [0.2, 0.25) is 0 Å². The summed E-state index contributed by atoms with van der Waals surface area (Å²) in [6.45, 7) is 0. The Morgan fingerprint density at radius 1 is 1.46 bits per heavy atom. The molecule has 0 unspecified atom stereocenters. The van der Waals surface area contributed by atoms with Gasteiger partial charge in [-0.05, 0) is 30.2 Å². The van der Waals surface area contributed by atoms with Crippen molar-refractivity contribution in [3.63, 3.8) is 0 Å². The highest BCUT2D eigenvalue weighted by Crippen LogP contribution is 2.06. The Kier molecular flexibility index (Phi) is 3.09.